The Bertz CT molecular complexity index is 1680. The summed E-state index contributed by atoms with van der Waals surface area (Å²) in [4.78, 5) is 32.4. The molecule has 0 aliphatic carbocycles. The van der Waals surface area contributed by atoms with Gasteiger partial charge in [-0.05, 0) is 75.1 Å². The Morgan fingerprint density at radius 1 is 1.10 bits per heavy atom. The number of rotatable bonds is 5. The van der Waals surface area contributed by atoms with Gasteiger partial charge in [0, 0.05) is 33.9 Å². The fraction of sp³-hybridized carbons (Fsp3) is 0.300. The van der Waals surface area contributed by atoms with Gasteiger partial charge < -0.3 is 14.7 Å². The number of carboxylic acid groups (broad SMARTS) is 1. The van der Waals surface area contributed by atoms with Crippen LogP contribution in [0.5, 0.6) is 0 Å². The number of thiophene rings is 1. The van der Waals surface area contributed by atoms with Crippen LogP contribution in [0.4, 0.5) is 11.4 Å². The first-order chi connectivity index (χ1) is 19.3. The number of ether oxygens (including phenoxy) is 1. The van der Waals surface area contributed by atoms with Gasteiger partial charge in [0.05, 0.1) is 24.8 Å². The first kappa shape index (κ1) is 25.9. The second-order valence-corrected chi connectivity index (χ2v) is 11.3. The molecular formula is C30H29N5O4S. The molecule has 1 atom stereocenters. The smallest absolute Gasteiger partial charge is 0.335 e. The van der Waals surface area contributed by atoms with E-state index in [9.17, 15) is 14.7 Å². The summed E-state index contributed by atoms with van der Waals surface area (Å²) in [5.74, 6) is 0.102. The summed E-state index contributed by atoms with van der Waals surface area (Å²) in [5.41, 5.74) is 7.33. The number of carbonyl (C=O) groups excluding carboxylic acids is 1. The highest BCUT2D eigenvalue weighted by atomic mass is 32.1. The third-order valence-corrected chi connectivity index (χ3v) is 8.92. The number of hydrogen-bond acceptors (Lipinski definition) is 8. The van der Waals surface area contributed by atoms with Crippen LogP contribution >= 0.6 is 11.3 Å². The maximum Gasteiger partial charge on any atom is 0.335 e. The zero-order valence-corrected chi connectivity index (χ0v) is 23.6. The Hall–Kier alpha value is -4.31. The minimum absolute atomic E-state index is 0.0616. The molecule has 4 heterocycles. The topological polar surface area (TPSA) is 110 Å². The van der Waals surface area contributed by atoms with Gasteiger partial charge in [-0.1, -0.05) is 12.1 Å². The average molecular weight is 556 g/mol. The number of hydrogen-bond donors (Lipinski definition) is 1. The highest BCUT2D eigenvalue weighted by molar-refractivity contribution is 7.15. The summed E-state index contributed by atoms with van der Waals surface area (Å²) in [7, 11) is 1.38. The number of aliphatic imine (C=N–C) groups is 1. The van der Waals surface area contributed by atoms with E-state index in [-0.39, 0.29) is 12.4 Å². The van der Waals surface area contributed by atoms with Gasteiger partial charge in [-0.15, -0.1) is 21.5 Å². The molecule has 0 fully saturated rings. The predicted molar refractivity (Wildman–Crippen MR) is 154 cm³/mol. The zero-order valence-electron chi connectivity index (χ0n) is 22.8. The highest BCUT2D eigenvalue weighted by Gasteiger charge is 2.32. The van der Waals surface area contributed by atoms with Gasteiger partial charge in [0.15, 0.2) is 5.82 Å². The van der Waals surface area contributed by atoms with E-state index in [2.05, 4.69) is 53.2 Å². The quantitative estimate of drug-likeness (QED) is 0.324. The summed E-state index contributed by atoms with van der Waals surface area (Å²) < 4.78 is 7.01. The van der Waals surface area contributed by atoms with Crippen LogP contribution in [0.25, 0.3) is 5.00 Å². The largest absolute Gasteiger partial charge is 0.478 e. The van der Waals surface area contributed by atoms with Crippen molar-refractivity contribution in [2.45, 2.75) is 46.1 Å². The molecule has 2 aromatic heterocycles. The maximum atomic E-state index is 12.4. The number of aryl methyl sites for hydroxylation is 3. The van der Waals surface area contributed by atoms with Gasteiger partial charge in [-0.2, -0.15) is 0 Å². The molecule has 0 spiro atoms. The van der Waals surface area contributed by atoms with Gasteiger partial charge in [0.2, 0.25) is 0 Å². The van der Waals surface area contributed by atoms with Crippen molar-refractivity contribution >= 4 is 40.4 Å². The van der Waals surface area contributed by atoms with Crippen LogP contribution in [-0.4, -0.2) is 51.2 Å². The second kappa shape index (κ2) is 10.0. The van der Waals surface area contributed by atoms with Crippen molar-refractivity contribution in [3.05, 3.63) is 86.8 Å². The van der Waals surface area contributed by atoms with Gasteiger partial charge in [0.1, 0.15) is 16.9 Å². The molecule has 4 aromatic rings. The minimum atomic E-state index is -0.912. The molecular weight excluding hydrogens is 526 g/mol. The lowest BCUT2D eigenvalue weighted by molar-refractivity contribution is -0.141. The van der Waals surface area contributed by atoms with Crippen LogP contribution < -0.4 is 4.90 Å². The summed E-state index contributed by atoms with van der Waals surface area (Å²) in [6.45, 7) is 6.96. The number of methoxy groups -OCH3 is 1. The van der Waals surface area contributed by atoms with Crippen molar-refractivity contribution in [2.75, 3.05) is 18.6 Å². The first-order valence-electron chi connectivity index (χ1n) is 13.2. The number of aromatic carboxylic acids is 1. The van der Waals surface area contributed by atoms with Crippen molar-refractivity contribution in [1.29, 1.82) is 0 Å². The maximum absolute atomic E-state index is 12.4. The van der Waals surface area contributed by atoms with E-state index in [1.165, 1.54) is 12.0 Å². The van der Waals surface area contributed by atoms with Crippen LogP contribution in [0, 0.1) is 20.8 Å². The Balaban J connectivity index is 1.43. The van der Waals surface area contributed by atoms with Crippen molar-refractivity contribution in [3.8, 4) is 5.00 Å². The van der Waals surface area contributed by atoms with Gasteiger partial charge in [0.25, 0.3) is 0 Å². The van der Waals surface area contributed by atoms with Crippen LogP contribution in [0.1, 0.15) is 68.0 Å². The Morgan fingerprint density at radius 3 is 2.60 bits per heavy atom. The Morgan fingerprint density at radius 2 is 1.88 bits per heavy atom. The molecule has 2 aliphatic rings. The molecule has 0 radical (unpaired) electrons. The van der Waals surface area contributed by atoms with E-state index in [1.807, 2.05) is 17.6 Å². The zero-order chi connectivity index (χ0) is 28.1. The molecule has 0 bridgehead atoms. The number of benzene rings is 2. The molecule has 10 heteroatoms. The van der Waals surface area contributed by atoms with Crippen LogP contribution in [-0.2, 0) is 16.0 Å². The summed E-state index contributed by atoms with van der Waals surface area (Å²) >= 11 is 1.67. The third kappa shape index (κ3) is 4.28. The van der Waals surface area contributed by atoms with Crippen molar-refractivity contribution in [1.82, 2.24) is 14.8 Å². The minimum Gasteiger partial charge on any atom is -0.478 e. The number of aromatic nitrogens is 3. The van der Waals surface area contributed by atoms with Crippen LogP contribution in [0.15, 0.2) is 47.5 Å². The highest BCUT2D eigenvalue weighted by Crippen LogP contribution is 2.40. The molecule has 1 N–H and O–H groups in total. The number of anilines is 2. The summed E-state index contributed by atoms with van der Waals surface area (Å²) in [6.07, 6.45) is 1.85. The van der Waals surface area contributed by atoms with Crippen molar-refractivity contribution in [3.63, 3.8) is 0 Å². The SMILES string of the molecule is COC(=O)C[C@@H]1N=C(c2ccc(N3CCCc4cc(C(=O)O)ccc43)cc2)c2c(sc(C)c2C)-n2c(C)nnc21. The summed E-state index contributed by atoms with van der Waals surface area (Å²) in [5, 5.41) is 19.2. The molecule has 2 aliphatic heterocycles. The lowest BCUT2D eigenvalue weighted by atomic mass is 9.97. The van der Waals surface area contributed by atoms with Crippen molar-refractivity contribution in [2.24, 2.45) is 4.99 Å². The molecule has 0 amide bonds. The van der Waals surface area contributed by atoms with Crippen LogP contribution in [0.2, 0.25) is 0 Å². The van der Waals surface area contributed by atoms with E-state index >= 15 is 0 Å². The molecule has 40 heavy (non-hydrogen) atoms. The van der Waals surface area contributed by atoms with E-state index in [1.54, 1.807) is 23.5 Å². The van der Waals surface area contributed by atoms with Crippen LogP contribution in [0.3, 0.4) is 0 Å². The molecule has 2 aromatic carbocycles. The third-order valence-electron chi connectivity index (χ3n) is 7.72. The van der Waals surface area contributed by atoms with E-state index in [0.29, 0.717) is 11.4 Å². The number of esters is 1. The standard InChI is InChI=1S/C30H29N5O4S/c1-16-17(2)40-29-26(16)27(31-23(15-25(36)39-4)28-33-32-18(3)35(28)29)19-7-10-22(11-8-19)34-13-5-6-20-14-21(30(37)38)9-12-24(20)34/h7-12,14,23H,5-6,13,15H2,1-4H3,(H,37,38)/t23-/m0/s1. The molecule has 0 unspecified atom stereocenters. The fourth-order valence-corrected chi connectivity index (χ4v) is 6.78. The average Bonchev–Trinajstić information content (AvgIpc) is 3.44. The van der Waals surface area contributed by atoms with Crippen molar-refractivity contribution < 1.29 is 19.4 Å². The normalized spacial score (nSPS) is 15.9. The first-order valence-corrected chi connectivity index (χ1v) is 14.0. The van der Waals surface area contributed by atoms with E-state index in [4.69, 9.17) is 9.73 Å². The molecule has 0 saturated heterocycles. The molecule has 6 rings (SSSR count). The number of fused-ring (bicyclic) bond motifs is 4. The molecule has 204 valence electrons. The number of carbonyl (C=O) groups is 2. The van der Waals surface area contributed by atoms with E-state index < -0.39 is 12.0 Å². The lowest BCUT2D eigenvalue weighted by Crippen LogP contribution is -2.24. The Kier molecular flexibility index (Phi) is 6.50. The van der Waals surface area contributed by atoms with E-state index in [0.717, 1.165) is 69.6 Å². The monoisotopic (exact) mass is 555 g/mol. The fourth-order valence-electron chi connectivity index (χ4n) is 5.56. The van der Waals surface area contributed by atoms with Gasteiger partial charge in [-0.3, -0.25) is 14.4 Å². The second-order valence-electron chi connectivity index (χ2n) is 10.1. The molecule has 9 nitrogen and oxygen atoms in total. The number of nitrogens with zero attached hydrogens (tertiary/aromatic N) is 5. The Labute approximate surface area is 235 Å². The van der Waals surface area contributed by atoms with Gasteiger partial charge in [-0.25, -0.2) is 4.79 Å². The summed E-state index contributed by atoms with van der Waals surface area (Å²) in [6, 6.07) is 13.1. The number of carboxylic acids is 1. The molecule has 0 saturated carbocycles. The lowest BCUT2D eigenvalue weighted by Gasteiger charge is -2.31. The predicted octanol–water partition coefficient (Wildman–Crippen LogP) is 5.49. The van der Waals surface area contributed by atoms with Gasteiger partial charge >= 0.3 is 11.9 Å².